The molecule has 0 N–H and O–H groups in total. The Morgan fingerprint density at radius 3 is 2.00 bits per heavy atom. The molecule has 3 rings (SSSR count). The molecule has 5 nitrogen and oxygen atoms in total. The van der Waals surface area contributed by atoms with Crippen molar-refractivity contribution in [3.63, 3.8) is 0 Å². The fraction of sp³-hybridized carbons (Fsp3) is 0.300. The minimum atomic E-state index is -0.959. The molecule has 5 heteroatoms. The van der Waals surface area contributed by atoms with E-state index >= 15 is 0 Å². The van der Waals surface area contributed by atoms with Gasteiger partial charge in [0, 0.05) is 16.8 Å². The first kappa shape index (κ1) is 17.0. The number of nitrogens with zero attached hydrogens (tertiary/aromatic N) is 1. The van der Waals surface area contributed by atoms with Crippen molar-refractivity contribution in [2.75, 3.05) is 6.54 Å². The Morgan fingerprint density at radius 1 is 1.04 bits per heavy atom. The summed E-state index contributed by atoms with van der Waals surface area (Å²) in [7, 11) is 0. The molecule has 0 amide bonds. The van der Waals surface area contributed by atoms with Gasteiger partial charge < -0.3 is 4.79 Å². The van der Waals surface area contributed by atoms with Crippen LogP contribution in [0, 0.1) is 22.0 Å². The van der Waals surface area contributed by atoms with Gasteiger partial charge >= 0.3 is 0 Å². The molecule has 0 saturated heterocycles. The summed E-state index contributed by atoms with van der Waals surface area (Å²) in [5, 5.41) is 11.4. The molecule has 2 aromatic rings. The number of Topliss-reactive ketones (excluding diaryl/α,β-unsaturated/α-hetero) is 1. The zero-order valence-corrected chi connectivity index (χ0v) is 13.7. The van der Waals surface area contributed by atoms with Crippen LogP contribution in [0.4, 0.5) is 0 Å². The molecule has 1 fully saturated rings. The molecule has 2 aromatic carbocycles. The first-order valence-electron chi connectivity index (χ1n) is 8.30. The number of benzene rings is 2. The molecule has 0 heterocycles. The third-order valence-electron chi connectivity index (χ3n) is 5.27. The number of aldehydes is 1. The Bertz CT molecular complexity index is 733. The predicted octanol–water partition coefficient (Wildman–Crippen LogP) is 3.04. The molecule has 1 aliphatic rings. The SMILES string of the molecule is O=CC1C(=O)CCC(c2ccccc2)(c2ccccc2)C1C[N+](=O)[O-]. The van der Waals surface area contributed by atoms with Gasteiger partial charge in [-0.05, 0) is 17.5 Å². The number of rotatable bonds is 5. The van der Waals surface area contributed by atoms with E-state index < -0.39 is 28.7 Å². The van der Waals surface area contributed by atoms with Gasteiger partial charge in [0.2, 0.25) is 6.54 Å². The third-order valence-corrected chi connectivity index (χ3v) is 5.27. The van der Waals surface area contributed by atoms with Gasteiger partial charge in [-0.25, -0.2) is 0 Å². The molecule has 0 radical (unpaired) electrons. The van der Waals surface area contributed by atoms with Gasteiger partial charge in [-0.2, -0.15) is 0 Å². The lowest BCUT2D eigenvalue weighted by Crippen LogP contribution is -2.51. The number of nitro groups is 1. The Kier molecular flexibility index (Phi) is 4.74. The molecule has 0 aliphatic heterocycles. The van der Waals surface area contributed by atoms with Crippen LogP contribution in [0.2, 0.25) is 0 Å². The lowest BCUT2D eigenvalue weighted by molar-refractivity contribution is -0.491. The maximum Gasteiger partial charge on any atom is 0.208 e. The fourth-order valence-electron chi connectivity index (χ4n) is 4.16. The van der Waals surface area contributed by atoms with E-state index in [1.807, 2.05) is 60.7 Å². The average molecular weight is 337 g/mol. The van der Waals surface area contributed by atoms with Crippen molar-refractivity contribution in [1.29, 1.82) is 0 Å². The van der Waals surface area contributed by atoms with Crippen molar-refractivity contribution in [2.45, 2.75) is 18.3 Å². The second-order valence-corrected chi connectivity index (χ2v) is 6.45. The second-order valence-electron chi connectivity index (χ2n) is 6.45. The highest BCUT2D eigenvalue weighted by Gasteiger charge is 2.53. The molecule has 0 bridgehead atoms. The lowest BCUT2D eigenvalue weighted by Gasteiger charge is -2.45. The van der Waals surface area contributed by atoms with Crippen LogP contribution in [0.15, 0.2) is 60.7 Å². The zero-order valence-electron chi connectivity index (χ0n) is 13.7. The van der Waals surface area contributed by atoms with Gasteiger partial charge in [0.05, 0.1) is 11.8 Å². The number of hydrogen-bond acceptors (Lipinski definition) is 4. The minimum absolute atomic E-state index is 0.204. The molecular formula is C20H19NO4. The summed E-state index contributed by atoms with van der Waals surface area (Å²) in [6.07, 6.45) is 1.29. The van der Waals surface area contributed by atoms with Gasteiger partial charge in [0.15, 0.2) is 0 Å². The van der Waals surface area contributed by atoms with E-state index in [1.165, 1.54) is 0 Å². The Balaban J connectivity index is 2.25. The maximum absolute atomic E-state index is 12.3. The summed E-state index contributed by atoms with van der Waals surface area (Å²) >= 11 is 0. The maximum atomic E-state index is 12.3. The van der Waals surface area contributed by atoms with Crippen LogP contribution in [0.3, 0.4) is 0 Å². The molecule has 0 aromatic heterocycles. The van der Waals surface area contributed by atoms with Gasteiger partial charge in [0.25, 0.3) is 0 Å². The van der Waals surface area contributed by atoms with Crippen molar-refractivity contribution in [3.8, 4) is 0 Å². The van der Waals surface area contributed by atoms with E-state index in [2.05, 4.69) is 0 Å². The van der Waals surface area contributed by atoms with E-state index in [-0.39, 0.29) is 12.2 Å². The fourth-order valence-corrected chi connectivity index (χ4v) is 4.16. The summed E-state index contributed by atoms with van der Waals surface area (Å²) in [5.41, 5.74) is 1.09. The highest BCUT2D eigenvalue weighted by Crippen LogP contribution is 2.49. The van der Waals surface area contributed by atoms with Crippen molar-refractivity contribution >= 4 is 12.1 Å². The molecule has 2 atom stereocenters. The molecule has 1 aliphatic carbocycles. The van der Waals surface area contributed by atoms with Crippen LogP contribution in [-0.4, -0.2) is 23.5 Å². The minimum Gasteiger partial charge on any atom is -0.303 e. The molecule has 2 unspecified atom stereocenters. The Hall–Kier alpha value is -2.82. The Morgan fingerprint density at radius 2 is 1.56 bits per heavy atom. The van der Waals surface area contributed by atoms with E-state index in [9.17, 15) is 19.7 Å². The highest BCUT2D eigenvalue weighted by atomic mass is 16.6. The van der Waals surface area contributed by atoms with Gasteiger partial charge in [0.1, 0.15) is 12.1 Å². The topological polar surface area (TPSA) is 77.3 Å². The van der Waals surface area contributed by atoms with Gasteiger partial charge in [-0.3, -0.25) is 14.9 Å². The lowest BCUT2D eigenvalue weighted by atomic mass is 9.55. The highest BCUT2D eigenvalue weighted by molar-refractivity contribution is 5.95. The monoisotopic (exact) mass is 337 g/mol. The van der Waals surface area contributed by atoms with Crippen LogP contribution in [0.25, 0.3) is 0 Å². The van der Waals surface area contributed by atoms with Crippen LogP contribution >= 0.6 is 0 Å². The normalized spacial score (nSPS) is 22.3. The molecule has 1 saturated carbocycles. The summed E-state index contributed by atoms with van der Waals surface area (Å²) < 4.78 is 0. The number of carbonyl (C=O) groups excluding carboxylic acids is 2. The zero-order chi connectivity index (χ0) is 17.9. The van der Waals surface area contributed by atoms with Crippen LogP contribution < -0.4 is 0 Å². The van der Waals surface area contributed by atoms with Gasteiger partial charge in [-0.1, -0.05) is 60.7 Å². The second kappa shape index (κ2) is 6.97. The van der Waals surface area contributed by atoms with Crippen LogP contribution in [0.1, 0.15) is 24.0 Å². The van der Waals surface area contributed by atoms with Crippen molar-refractivity contribution < 1.29 is 14.5 Å². The third kappa shape index (κ3) is 2.97. The van der Waals surface area contributed by atoms with Crippen LogP contribution in [0.5, 0.6) is 0 Å². The predicted molar refractivity (Wildman–Crippen MR) is 92.8 cm³/mol. The summed E-state index contributed by atoms with van der Waals surface area (Å²) in [5.74, 6) is -1.87. The largest absolute Gasteiger partial charge is 0.303 e. The first-order chi connectivity index (χ1) is 12.1. The molecule has 0 spiro atoms. The van der Waals surface area contributed by atoms with E-state index in [0.29, 0.717) is 12.7 Å². The van der Waals surface area contributed by atoms with Gasteiger partial charge in [-0.15, -0.1) is 0 Å². The number of hydrogen-bond donors (Lipinski definition) is 0. The number of ketones is 1. The summed E-state index contributed by atoms with van der Waals surface area (Å²) in [6, 6.07) is 19.0. The summed E-state index contributed by atoms with van der Waals surface area (Å²) in [4.78, 5) is 34.9. The van der Waals surface area contributed by atoms with Crippen molar-refractivity contribution in [2.24, 2.45) is 11.8 Å². The van der Waals surface area contributed by atoms with E-state index in [1.54, 1.807) is 0 Å². The molecule has 128 valence electrons. The first-order valence-corrected chi connectivity index (χ1v) is 8.30. The quantitative estimate of drug-likeness (QED) is 0.364. The van der Waals surface area contributed by atoms with Crippen molar-refractivity contribution in [1.82, 2.24) is 0 Å². The number of carbonyl (C=O) groups is 2. The standard InChI is InChI=1S/C20H19NO4/c22-14-17-18(13-21(24)25)20(12-11-19(17)23,15-7-3-1-4-8-15)16-9-5-2-6-10-16/h1-10,14,17-18H,11-13H2. The van der Waals surface area contributed by atoms with E-state index in [4.69, 9.17) is 0 Å². The molecule has 25 heavy (non-hydrogen) atoms. The Labute approximate surface area is 145 Å². The smallest absolute Gasteiger partial charge is 0.208 e. The molecular weight excluding hydrogens is 318 g/mol. The van der Waals surface area contributed by atoms with E-state index in [0.717, 1.165) is 11.1 Å². The van der Waals surface area contributed by atoms with Crippen molar-refractivity contribution in [3.05, 3.63) is 81.9 Å². The van der Waals surface area contributed by atoms with Crippen LogP contribution in [-0.2, 0) is 15.0 Å². The average Bonchev–Trinajstić information content (AvgIpc) is 2.63. The summed E-state index contributed by atoms with van der Waals surface area (Å²) in [6.45, 7) is -0.418.